The molecule has 2 aromatic carbocycles. The van der Waals surface area contributed by atoms with E-state index in [4.69, 9.17) is 0 Å². The molecule has 2 heterocycles. The summed E-state index contributed by atoms with van der Waals surface area (Å²) in [6.45, 7) is 2.90. The minimum absolute atomic E-state index is 0.0884. The average Bonchev–Trinajstić information content (AvgIpc) is 3.64. The van der Waals surface area contributed by atoms with Gasteiger partial charge >= 0.3 is 0 Å². The van der Waals surface area contributed by atoms with Crippen molar-refractivity contribution in [1.29, 1.82) is 5.26 Å². The van der Waals surface area contributed by atoms with E-state index in [-0.39, 0.29) is 5.56 Å². The van der Waals surface area contributed by atoms with Crippen molar-refractivity contribution < 1.29 is 0 Å². The molecule has 1 saturated carbocycles. The summed E-state index contributed by atoms with van der Waals surface area (Å²) in [5.74, 6) is 0.594. The van der Waals surface area contributed by atoms with Crippen LogP contribution in [0.15, 0.2) is 71.5 Å². The average molecular weight is 421 g/mol. The maximum absolute atomic E-state index is 12.8. The summed E-state index contributed by atoms with van der Waals surface area (Å²) in [7, 11) is 1.74. The zero-order chi connectivity index (χ0) is 22.2. The molecule has 0 N–H and O–H groups in total. The van der Waals surface area contributed by atoms with Gasteiger partial charge in [-0.2, -0.15) is 5.26 Å². The van der Waals surface area contributed by atoms with E-state index < -0.39 is 0 Å². The lowest BCUT2D eigenvalue weighted by atomic mass is 10.0. The zero-order valence-corrected chi connectivity index (χ0v) is 18.2. The van der Waals surface area contributed by atoms with Crippen LogP contribution in [0.5, 0.6) is 0 Å². The summed E-state index contributed by atoms with van der Waals surface area (Å²) in [5, 5.41) is 9.41. The molecule has 0 amide bonds. The Kier molecular flexibility index (Phi) is 4.99. The molecule has 5 nitrogen and oxygen atoms in total. The fraction of sp³-hybridized carbons (Fsp3) is 0.222. The Morgan fingerprint density at radius 3 is 2.56 bits per heavy atom. The number of hydrogen-bond acceptors (Lipinski definition) is 4. The standard InChI is InChI=1S/C27H24N4O/c1-18-6-10-20(11-7-18)21-4-3-5-23(14-21)31(17-19-8-9-19)25-15-26(32)30(2)24-13-12-22(16-28)29-27(24)25/h3-7,10-15,19H,8-9,17H2,1-2H3. The summed E-state index contributed by atoms with van der Waals surface area (Å²) in [4.78, 5) is 19.6. The first-order chi connectivity index (χ1) is 15.5. The van der Waals surface area contributed by atoms with Gasteiger partial charge in [-0.1, -0.05) is 42.0 Å². The third-order valence-corrected chi connectivity index (χ3v) is 6.15. The van der Waals surface area contributed by atoms with Crippen LogP contribution in [-0.4, -0.2) is 16.1 Å². The number of benzene rings is 2. The maximum atomic E-state index is 12.8. The van der Waals surface area contributed by atoms with E-state index in [0.717, 1.165) is 34.6 Å². The van der Waals surface area contributed by atoms with Crippen LogP contribution in [0.25, 0.3) is 22.2 Å². The summed E-state index contributed by atoms with van der Waals surface area (Å²) in [5.41, 5.74) is 6.94. The maximum Gasteiger partial charge on any atom is 0.252 e. The molecule has 0 bridgehead atoms. The summed E-state index contributed by atoms with van der Waals surface area (Å²) >= 11 is 0. The highest BCUT2D eigenvalue weighted by molar-refractivity contribution is 5.91. The summed E-state index contributed by atoms with van der Waals surface area (Å²) in [6.07, 6.45) is 2.38. The quantitative estimate of drug-likeness (QED) is 0.438. The van der Waals surface area contributed by atoms with Gasteiger partial charge in [-0.25, -0.2) is 4.98 Å². The van der Waals surface area contributed by atoms with Crippen molar-refractivity contribution in [2.24, 2.45) is 13.0 Å². The molecule has 1 fully saturated rings. The lowest BCUT2D eigenvalue weighted by Crippen LogP contribution is -2.25. The van der Waals surface area contributed by atoms with E-state index >= 15 is 0 Å². The highest BCUT2D eigenvalue weighted by Crippen LogP contribution is 2.38. The molecule has 32 heavy (non-hydrogen) atoms. The fourth-order valence-corrected chi connectivity index (χ4v) is 4.08. The van der Waals surface area contributed by atoms with Crippen LogP contribution >= 0.6 is 0 Å². The first-order valence-corrected chi connectivity index (χ1v) is 10.9. The molecule has 2 aromatic heterocycles. The molecule has 5 rings (SSSR count). The molecule has 0 aliphatic heterocycles. The van der Waals surface area contributed by atoms with Gasteiger partial charge in [0.15, 0.2) is 0 Å². The lowest BCUT2D eigenvalue weighted by molar-refractivity contribution is 0.811. The summed E-state index contributed by atoms with van der Waals surface area (Å²) < 4.78 is 1.59. The zero-order valence-electron chi connectivity index (χ0n) is 18.2. The molecule has 158 valence electrons. The Morgan fingerprint density at radius 1 is 1.06 bits per heavy atom. The largest absolute Gasteiger partial charge is 0.339 e. The molecule has 4 aromatic rings. The monoisotopic (exact) mass is 420 g/mol. The van der Waals surface area contributed by atoms with Crippen molar-refractivity contribution in [3.63, 3.8) is 0 Å². The van der Waals surface area contributed by atoms with Crippen molar-refractivity contribution in [1.82, 2.24) is 9.55 Å². The number of fused-ring (bicyclic) bond motifs is 1. The second-order valence-electron chi connectivity index (χ2n) is 8.57. The highest BCUT2D eigenvalue weighted by Gasteiger charge is 2.27. The molecule has 0 unspecified atom stereocenters. The number of hydrogen-bond donors (Lipinski definition) is 0. The van der Waals surface area contributed by atoms with Gasteiger partial charge in [0.1, 0.15) is 17.3 Å². The van der Waals surface area contributed by atoms with E-state index in [1.54, 1.807) is 23.7 Å². The number of pyridine rings is 2. The second-order valence-corrected chi connectivity index (χ2v) is 8.57. The van der Waals surface area contributed by atoms with E-state index in [2.05, 4.69) is 71.4 Å². The number of aromatic nitrogens is 2. The van der Waals surface area contributed by atoms with Crippen LogP contribution in [0.1, 0.15) is 24.1 Å². The minimum Gasteiger partial charge on any atom is -0.339 e. The van der Waals surface area contributed by atoms with Crippen LogP contribution < -0.4 is 10.5 Å². The van der Waals surface area contributed by atoms with Crippen molar-refractivity contribution in [2.45, 2.75) is 19.8 Å². The Hall–Kier alpha value is -3.91. The molecular weight excluding hydrogens is 396 g/mol. The van der Waals surface area contributed by atoms with Gasteiger partial charge in [-0.15, -0.1) is 0 Å². The van der Waals surface area contributed by atoms with Crippen molar-refractivity contribution in [3.8, 4) is 17.2 Å². The molecule has 5 heteroatoms. The van der Waals surface area contributed by atoms with Crippen molar-refractivity contribution in [2.75, 3.05) is 11.4 Å². The minimum atomic E-state index is -0.0884. The molecular formula is C27H24N4O. The van der Waals surface area contributed by atoms with E-state index in [0.29, 0.717) is 17.1 Å². The molecule has 1 aliphatic rings. The Balaban J connectivity index is 1.69. The van der Waals surface area contributed by atoms with Crippen molar-refractivity contribution >= 4 is 22.4 Å². The normalized spacial score (nSPS) is 13.2. The van der Waals surface area contributed by atoms with Gasteiger partial charge < -0.3 is 9.47 Å². The molecule has 0 radical (unpaired) electrons. The van der Waals surface area contributed by atoms with Gasteiger partial charge in [-0.05, 0) is 61.1 Å². The SMILES string of the molecule is Cc1ccc(-c2cccc(N(CC3CC3)c3cc(=O)n(C)c4ccc(C#N)nc34)c2)cc1. The third kappa shape index (κ3) is 3.76. The topological polar surface area (TPSA) is 61.9 Å². The van der Waals surface area contributed by atoms with Gasteiger partial charge in [0.25, 0.3) is 5.56 Å². The van der Waals surface area contributed by atoms with E-state index in [9.17, 15) is 10.1 Å². The lowest BCUT2D eigenvalue weighted by Gasteiger charge is -2.27. The van der Waals surface area contributed by atoms with Crippen molar-refractivity contribution in [3.05, 3.63) is 88.3 Å². The highest BCUT2D eigenvalue weighted by atomic mass is 16.1. The van der Waals surface area contributed by atoms with E-state index in [1.165, 1.54) is 18.4 Å². The predicted molar refractivity (Wildman–Crippen MR) is 128 cm³/mol. The smallest absolute Gasteiger partial charge is 0.252 e. The van der Waals surface area contributed by atoms with Gasteiger partial charge in [-0.3, -0.25) is 4.79 Å². The Labute approximate surface area is 187 Å². The van der Waals surface area contributed by atoms with Crippen LogP contribution in [0, 0.1) is 24.2 Å². The first-order valence-electron chi connectivity index (χ1n) is 10.9. The molecule has 0 saturated heterocycles. The molecule has 1 aliphatic carbocycles. The van der Waals surface area contributed by atoms with Gasteiger partial charge in [0.2, 0.25) is 0 Å². The Bertz CT molecular complexity index is 1410. The molecule has 0 spiro atoms. The second kappa shape index (κ2) is 7.97. The number of rotatable bonds is 5. The predicted octanol–water partition coefficient (Wildman–Crippen LogP) is 5.33. The third-order valence-electron chi connectivity index (χ3n) is 6.15. The summed E-state index contributed by atoms with van der Waals surface area (Å²) in [6, 6.07) is 24.2. The number of anilines is 2. The number of nitriles is 1. The van der Waals surface area contributed by atoms with Crippen LogP contribution in [0.4, 0.5) is 11.4 Å². The van der Waals surface area contributed by atoms with Gasteiger partial charge in [0.05, 0.1) is 11.2 Å². The van der Waals surface area contributed by atoms with E-state index in [1.807, 2.05) is 6.07 Å². The molecule has 0 atom stereocenters. The van der Waals surface area contributed by atoms with Crippen LogP contribution in [0.3, 0.4) is 0 Å². The van der Waals surface area contributed by atoms with Gasteiger partial charge in [0, 0.05) is 25.3 Å². The fourth-order valence-electron chi connectivity index (χ4n) is 4.08. The number of nitrogens with zero attached hydrogens (tertiary/aromatic N) is 4. The van der Waals surface area contributed by atoms with Crippen LogP contribution in [0.2, 0.25) is 0 Å². The first kappa shape index (κ1) is 20.0. The van der Waals surface area contributed by atoms with Crippen LogP contribution in [-0.2, 0) is 7.05 Å². The number of aryl methyl sites for hydroxylation is 2. The Morgan fingerprint density at radius 2 is 1.84 bits per heavy atom.